The van der Waals surface area contributed by atoms with E-state index < -0.39 is 0 Å². The summed E-state index contributed by atoms with van der Waals surface area (Å²) in [6.45, 7) is 2.33. The Kier molecular flexibility index (Phi) is 6.05. The van der Waals surface area contributed by atoms with Crippen LogP contribution in [0.5, 0.6) is 0 Å². The van der Waals surface area contributed by atoms with Gasteiger partial charge < -0.3 is 9.80 Å². The Morgan fingerprint density at radius 1 is 1.04 bits per heavy atom. The predicted octanol–water partition coefficient (Wildman–Crippen LogP) is 3.61. The lowest BCUT2D eigenvalue weighted by atomic mass is 9.93. The highest BCUT2D eigenvalue weighted by Crippen LogP contribution is 2.26. The number of rotatable bonds is 2. The van der Waals surface area contributed by atoms with E-state index >= 15 is 0 Å². The van der Waals surface area contributed by atoms with E-state index in [-0.39, 0.29) is 23.7 Å². The van der Waals surface area contributed by atoms with Gasteiger partial charge in [-0.25, -0.2) is 0 Å². The summed E-state index contributed by atoms with van der Waals surface area (Å²) in [4.78, 5) is 29.2. The smallest absolute Gasteiger partial charge is 0.253 e. The van der Waals surface area contributed by atoms with Crippen LogP contribution in [0.15, 0.2) is 18.2 Å². The summed E-state index contributed by atoms with van der Waals surface area (Å²) in [6.07, 6.45) is 3.07. The van der Waals surface area contributed by atoms with Gasteiger partial charge in [-0.3, -0.25) is 9.59 Å². The molecule has 138 valence electrons. The molecule has 2 heterocycles. The number of likely N-dealkylation sites (tertiary alicyclic amines) is 2. The molecule has 2 saturated heterocycles. The molecular formula is C19H21Cl2N3O2. The normalized spacial score (nSPS) is 21.3. The number of hydrogen-bond donors (Lipinski definition) is 0. The lowest BCUT2D eigenvalue weighted by molar-refractivity contribution is -0.138. The number of benzene rings is 1. The zero-order valence-electron chi connectivity index (χ0n) is 14.5. The molecule has 2 aliphatic heterocycles. The standard InChI is InChI=1S/C19H21Cl2N3O2/c20-16-4-3-14(10-17(16)21)18(25)24-7-1-2-15(12-24)19(26)23-8-5-13(11-22)6-9-23/h3-4,10,13,15H,1-2,5-9,12H2. The van der Waals surface area contributed by atoms with E-state index in [1.165, 1.54) is 0 Å². The number of halogens is 2. The van der Waals surface area contributed by atoms with Gasteiger partial charge in [0.1, 0.15) is 0 Å². The summed E-state index contributed by atoms with van der Waals surface area (Å²) < 4.78 is 0. The molecule has 2 fully saturated rings. The molecule has 0 spiro atoms. The first-order valence-corrected chi connectivity index (χ1v) is 9.68. The monoisotopic (exact) mass is 393 g/mol. The zero-order chi connectivity index (χ0) is 18.7. The molecule has 5 nitrogen and oxygen atoms in total. The van der Waals surface area contributed by atoms with Crippen molar-refractivity contribution < 1.29 is 9.59 Å². The number of nitrogens with zero attached hydrogens (tertiary/aromatic N) is 3. The summed E-state index contributed by atoms with van der Waals surface area (Å²) >= 11 is 11.9. The Labute approximate surface area is 163 Å². The second-order valence-electron chi connectivity index (χ2n) is 6.95. The minimum absolute atomic E-state index is 0.0538. The van der Waals surface area contributed by atoms with Crippen LogP contribution in [0.2, 0.25) is 10.0 Å². The molecular weight excluding hydrogens is 373 g/mol. The fourth-order valence-electron chi connectivity index (χ4n) is 3.66. The summed E-state index contributed by atoms with van der Waals surface area (Å²) in [6, 6.07) is 7.13. The van der Waals surface area contributed by atoms with Crippen LogP contribution in [0.3, 0.4) is 0 Å². The third kappa shape index (κ3) is 4.13. The van der Waals surface area contributed by atoms with E-state index in [9.17, 15) is 9.59 Å². The van der Waals surface area contributed by atoms with Crippen molar-refractivity contribution in [3.8, 4) is 6.07 Å². The molecule has 26 heavy (non-hydrogen) atoms. The molecule has 1 unspecified atom stereocenters. The Balaban J connectivity index is 1.63. The molecule has 1 aromatic rings. The van der Waals surface area contributed by atoms with E-state index in [1.807, 2.05) is 4.90 Å². The van der Waals surface area contributed by atoms with Crippen LogP contribution < -0.4 is 0 Å². The second kappa shape index (κ2) is 8.28. The summed E-state index contributed by atoms with van der Waals surface area (Å²) in [5.41, 5.74) is 0.488. The SMILES string of the molecule is N#CC1CCN(C(=O)C2CCCN(C(=O)c3ccc(Cl)c(Cl)c3)C2)CC1. The molecule has 0 radical (unpaired) electrons. The first-order chi connectivity index (χ1) is 12.5. The predicted molar refractivity (Wildman–Crippen MR) is 100 cm³/mol. The first kappa shape index (κ1) is 19.0. The molecule has 3 rings (SSSR count). The van der Waals surface area contributed by atoms with Gasteiger partial charge in [0.15, 0.2) is 0 Å². The fourth-order valence-corrected chi connectivity index (χ4v) is 3.96. The van der Waals surface area contributed by atoms with E-state index in [4.69, 9.17) is 28.5 Å². The molecule has 7 heteroatoms. The number of carbonyl (C=O) groups is 2. The van der Waals surface area contributed by atoms with Crippen LogP contribution in [0.1, 0.15) is 36.0 Å². The van der Waals surface area contributed by atoms with Gasteiger partial charge in [0.05, 0.1) is 22.0 Å². The minimum Gasteiger partial charge on any atom is -0.342 e. The molecule has 0 N–H and O–H groups in total. The van der Waals surface area contributed by atoms with E-state index in [0.29, 0.717) is 41.8 Å². The molecule has 0 saturated carbocycles. The number of nitriles is 1. The molecule has 2 amide bonds. The molecule has 0 aliphatic carbocycles. The van der Waals surface area contributed by atoms with Gasteiger partial charge in [0.25, 0.3) is 5.91 Å². The highest BCUT2D eigenvalue weighted by Gasteiger charge is 2.33. The summed E-state index contributed by atoms with van der Waals surface area (Å²) in [7, 11) is 0. The minimum atomic E-state index is -0.172. The van der Waals surface area contributed by atoms with Crippen molar-refractivity contribution in [2.24, 2.45) is 11.8 Å². The van der Waals surface area contributed by atoms with Crippen molar-refractivity contribution >= 4 is 35.0 Å². The van der Waals surface area contributed by atoms with Crippen molar-refractivity contribution in [1.29, 1.82) is 5.26 Å². The lowest BCUT2D eigenvalue weighted by Gasteiger charge is -2.37. The third-order valence-electron chi connectivity index (χ3n) is 5.21. The largest absolute Gasteiger partial charge is 0.342 e. The van der Waals surface area contributed by atoms with Crippen molar-refractivity contribution in [2.45, 2.75) is 25.7 Å². The molecule has 2 aliphatic rings. The van der Waals surface area contributed by atoms with Crippen LogP contribution in [0, 0.1) is 23.2 Å². The van der Waals surface area contributed by atoms with Crippen molar-refractivity contribution in [1.82, 2.24) is 9.80 Å². The maximum Gasteiger partial charge on any atom is 0.253 e. The van der Waals surface area contributed by atoms with Gasteiger partial charge in [-0.2, -0.15) is 5.26 Å². The van der Waals surface area contributed by atoms with Gasteiger partial charge in [0.2, 0.25) is 5.91 Å². The maximum atomic E-state index is 12.8. The average molecular weight is 394 g/mol. The van der Waals surface area contributed by atoms with Gasteiger partial charge in [-0.15, -0.1) is 0 Å². The Hall–Kier alpha value is -1.77. The number of hydrogen-bond acceptors (Lipinski definition) is 3. The summed E-state index contributed by atoms with van der Waals surface area (Å²) in [5, 5.41) is 9.75. The van der Waals surface area contributed by atoms with Crippen molar-refractivity contribution in [3.63, 3.8) is 0 Å². The topological polar surface area (TPSA) is 64.4 Å². The zero-order valence-corrected chi connectivity index (χ0v) is 16.0. The molecule has 1 atom stereocenters. The van der Waals surface area contributed by atoms with E-state index in [2.05, 4.69) is 6.07 Å². The third-order valence-corrected chi connectivity index (χ3v) is 5.95. The molecule has 1 aromatic carbocycles. The van der Waals surface area contributed by atoms with Crippen LogP contribution in [-0.4, -0.2) is 47.8 Å². The Bertz CT molecular complexity index is 739. The molecule has 0 aromatic heterocycles. The summed E-state index contributed by atoms with van der Waals surface area (Å²) in [5.74, 6) is -0.135. The van der Waals surface area contributed by atoms with Crippen LogP contribution >= 0.6 is 23.2 Å². The number of carbonyl (C=O) groups excluding carboxylic acids is 2. The quantitative estimate of drug-likeness (QED) is 0.770. The average Bonchev–Trinajstić information content (AvgIpc) is 2.69. The van der Waals surface area contributed by atoms with Gasteiger partial charge in [-0.05, 0) is 43.9 Å². The van der Waals surface area contributed by atoms with Crippen LogP contribution in [0.4, 0.5) is 0 Å². The fraction of sp³-hybridized carbons (Fsp3) is 0.526. The van der Waals surface area contributed by atoms with Gasteiger partial charge >= 0.3 is 0 Å². The van der Waals surface area contributed by atoms with Crippen LogP contribution in [0.25, 0.3) is 0 Å². The van der Waals surface area contributed by atoms with Crippen LogP contribution in [-0.2, 0) is 4.79 Å². The lowest BCUT2D eigenvalue weighted by Crippen LogP contribution is -2.48. The highest BCUT2D eigenvalue weighted by atomic mass is 35.5. The van der Waals surface area contributed by atoms with E-state index in [1.54, 1.807) is 23.1 Å². The van der Waals surface area contributed by atoms with E-state index in [0.717, 1.165) is 25.7 Å². The van der Waals surface area contributed by atoms with Gasteiger partial charge in [0, 0.05) is 37.7 Å². The number of piperidine rings is 2. The maximum absolute atomic E-state index is 12.8. The Morgan fingerprint density at radius 2 is 1.77 bits per heavy atom. The Morgan fingerprint density at radius 3 is 2.42 bits per heavy atom. The molecule has 0 bridgehead atoms. The highest BCUT2D eigenvalue weighted by molar-refractivity contribution is 6.42. The number of amides is 2. The van der Waals surface area contributed by atoms with Crippen molar-refractivity contribution in [3.05, 3.63) is 33.8 Å². The van der Waals surface area contributed by atoms with Gasteiger partial charge in [-0.1, -0.05) is 23.2 Å². The first-order valence-electron chi connectivity index (χ1n) is 8.92. The second-order valence-corrected chi connectivity index (χ2v) is 7.76. The van der Waals surface area contributed by atoms with Crippen molar-refractivity contribution in [2.75, 3.05) is 26.2 Å².